The Morgan fingerprint density at radius 3 is 2.07 bits per heavy atom. The number of carboxylic acids is 1. The Bertz CT molecular complexity index is 632. The Hall–Kier alpha value is -2.34. The molecule has 0 spiro atoms. The number of rotatable bonds is 14. The van der Waals surface area contributed by atoms with Crippen LogP contribution in [0.4, 0.5) is 0 Å². The summed E-state index contributed by atoms with van der Waals surface area (Å²) >= 11 is 1.55. The molecule has 0 heterocycles. The molecule has 30 heavy (non-hydrogen) atoms. The first-order valence-electron chi connectivity index (χ1n) is 9.61. The van der Waals surface area contributed by atoms with Crippen LogP contribution in [0.2, 0.25) is 0 Å². The van der Waals surface area contributed by atoms with Gasteiger partial charge in [0.05, 0.1) is 12.5 Å². The lowest BCUT2D eigenvalue weighted by Crippen LogP contribution is -2.58. The van der Waals surface area contributed by atoms with Crippen LogP contribution in [0.3, 0.4) is 0 Å². The van der Waals surface area contributed by atoms with Crippen LogP contribution in [0.25, 0.3) is 0 Å². The zero-order valence-corrected chi connectivity index (χ0v) is 18.6. The van der Waals surface area contributed by atoms with Crippen LogP contribution in [0.1, 0.15) is 40.0 Å². The van der Waals surface area contributed by atoms with Crippen molar-refractivity contribution in [2.24, 2.45) is 17.4 Å². The molecule has 8 N–H and O–H groups in total. The molecule has 0 aliphatic heterocycles. The summed E-state index contributed by atoms with van der Waals surface area (Å²) in [5.41, 5.74) is 10.8. The number of nitrogens with one attached hydrogen (secondary N) is 3. The lowest BCUT2D eigenvalue weighted by molar-refractivity contribution is -0.144. The number of nitrogens with two attached hydrogens (primary N) is 2. The van der Waals surface area contributed by atoms with Gasteiger partial charge in [0, 0.05) is 0 Å². The van der Waals surface area contributed by atoms with Crippen LogP contribution in [0, 0.1) is 5.92 Å². The van der Waals surface area contributed by atoms with Crippen LogP contribution >= 0.6 is 11.8 Å². The van der Waals surface area contributed by atoms with Crippen molar-refractivity contribution in [1.29, 1.82) is 0 Å². The Balaban J connectivity index is 5.12. The van der Waals surface area contributed by atoms with Crippen LogP contribution in [-0.4, -0.2) is 70.9 Å². The van der Waals surface area contributed by atoms with E-state index >= 15 is 0 Å². The van der Waals surface area contributed by atoms with Crippen molar-refractivity contribution in [1.82, 2.24) is 16.0 Å². The molecule has 5 unspecified atom stereocenters. The molecule has 0 rings (SSSR count). The first-order valence-corrected chi connectivity index (χ1v) is 11.0. The van der Waals surface area contributed by atoms with E-state index in [0.29, 0.717) is 18.6 Å². The maximum Gasteiger partial charge on any atom is 0.326 e. The standard InChI is InChI=1S/C18H33N5O6S/c1-5-9(2)14(17(27)22-12(18(28)29)8-13(20)24)23-15(25)10(3)21-16(26)11(19)6-7-30-4/h9-12,14H,5-8,19H2,1-4H3,(H2,20,24)(H,21,26)(H,22,27)(H,23,25)(H,28,29). The van der Waals surface area contributed by atoms with Gasteiger partial charge in [0.25, 0.3) is 0 Å². The maximum atomic E-state index is 12.6. The van der Waals surface area contributed by atoms with Gasteiger partial charge in [-0.05, 0) is 31.3 Å². The summed E-state index contributed by atoms with van der Waals surface area (Å²) in [6, 6.07) is -4.30. The highest BCUT2D eigenvalue weighted by Gasteiger charge is 2.32. The number of primary amides is 1. The Labute approximate surface area is 180 Å². The minimum absolute atomic E-state index is 0.344. The molecule has 0 aromatic heterocycles. The number of aliphatic carboxylic acids is 1. The number of carbonyl (C=O) groups excluding carboxylic acids is 4. The fourth-order valence-corrected chi connectivity index (χ4v) is 2.89. The lowest BCUT2D eigenvalue weighted by atomic mass is 9.97. The fraction of sp³-hybridized carbons (Fsp3) is 0.722. The molecule has 0 aromatic rings. The van der Waals surface area contributed by atoms with Crippen LogP contribution in [0.15, 0.2) is 0 Å². The SMILES string of the molecule is CCC(C)C(NC(=O)C(C)NC(=O)C(N)CCSC)C(=O)NC(CC(N)=O)C(=O)O. The van der Waals surface area contributed by atoms with Crippen LogP contribution < -0.4 is 27.4 Å². The molecule has 0 saturated heterocycles. The summed E-state index contributed by atoms with van der Waals surface area (Å²) in [6.07, 6.45) is 2.27. The van der Waals surface area contributed by atoms with Gasteiger partial charge >= 0.3 is 5.97 Å². The molecule has 172 valence electrons. The Morgan fingerprint density at radius 1 is 1.00 bits per heavy atom. The normalized spacial score (nSPS) is 15.8. The van der Waals surface area contributed by atoms with Gasteiger partial charge in [0.15, 0.2) is 0 Å². The van der Waals surface area contributed by atoms with Crippen molar-refractivity contribution in [3.63, 3.8) is 0 Å². The highest BCUT2D eigenvalue weighted by atomic mass is 32.2. The number of hydrogen-bond acceptors (Lipinski definition) is 7. The van der Waals surface area contributed by atoms with E-state index in [-0.39, 0.29) is 5.92 Å². The van der Waals surface area contributed by atoms with Crippen molar-refractivity contribution in [3.8, 4) is 0 Å². The van der Waals surface area contributed by atoms with Crippen molar-refractivity contribution in [2.75, 3.05) is 12.0 Å². The Kier molecular flexibility index (Phi) is 12.7. The second kappa shape index (κ2) is 13.8. The zero-order valence-electron chi connectivity index (χ0n) is 17.8. The molecular weight excluding hydrogens is 414 g/mol. The molecule has 0 aliphatic rings. The van der Waals surface area contributed by atoms with Gasteiger partial charge in [-0.1, -0.05) is 20.3 Å². The molecule has 5 atom stereocenters. The van der Waals surface area contributed by atoms with E-state index in [1.54, 1.807) is 25.6 Å². The topological polar surface area (TPSA) is 194 Å². The molecule has 12 heteroatoms. The third kappa shape index (κ3) is 9.92. The van der Waals surface area contributed by atoms with Crippen molar-refractivity contribution in [2.45, 2.75) is 64.2 Å². The average molecular weight is 448 g/mol. The molecule has 11 nitrogen and oxygen atoms in total. The van der Waals surface area contributed by atoms with E-state index in [2.05, 4.69) is 16.0 Å². The summed E-state index contributed by atoms with van der Waals surface area (Å²) in [5, 5.41) is 16.4. The third-order valence-electron chi connectivity index (χ3n) is 4.53. The number of amides is 4. The third-order valence-corrected chi connectivity index (χ3v) is 5.18. The first kappa shape index (κ1) is 27.7. The van der Waals surface area contributed by atoms with Gasteiger partial charge in [-0.2, -0.15) is 11.8 Å². The molecular formula is C18H33N5O6S. The number of carbonyl (C=O) groups is 5. The zero-order chi connectivity index (χ0) is 23.4. The van der Waals surface area contributed by atoms with E-state index in [9.17, 15) is 24.0 Å². The summed E-state index contributed by atoms with van der Waals surface area (Å²) in [5.74, 6) is -3.82. The molecule has 0 bridgehead atoms. The quantitative estimate of drug-likeness (QED) is 0.186. The highest BCUT2D eigenvalue weighted by molar-refractivity contribution is 7.98. The second-order valence-corrected chi connectivity index (χ2v) is 8.05. The fourth-order valence-electron chi connectivity index (χ4n) is 2.40. The Morgan fingerprint density at radius 2 is 1.60 bits per heavy atom. The summed E-state index contributed by atoms with van der Waals surface area (Å²) < 4.78 is 0. The monoisotopic (exact) mass is 447 g/mol. The van der Waals surface area contributed by atoms with E-state index in [0.717, 1.165) is 0 Å². The van der Waals surface area contributed by atoms with E-state index in [1.165, 1.54) is 6.92 Å². The average Bonchev–Trinajstić information content (AvgIpc) is 2.67. The van der Waals surface area contributed by atoms with Crippen LogP contribution in [-0.2, 0) is 24.0 Å². The van der Waals surface area contributed by atoms with Gasteiger partial charge in [-0.25, -0.2) is 4.79 Å². The first-order chi connectivity index (χ1) is 13.9. The van der Waals surface area contributed by atoms with E-state index < -0.39 is 60.2 Å². The highest BCUT2D eigenvalue weighted by Crippen LogP contribution is 2.09. The summed E-state index contributed by atoms with van der Waals surface area (Å²) in [4.78, 5) is 59.5. The van der Waals surface area contributed by atoms with Gasteiger partial charge in [0.1, 0.15) is 18.1 Å². The maximum absolute atomic E-state index is 12.6. The van der Waals surface area contributed by atoms with Crippen molar-refractivity contribution < 1.29 is 29.1 Å². The minimum Gasteiger partial charge on any atom is -0.480 e. The lowest BCUT2D eigenvalue weighted by Gasteiger charge is -2.27. The smallest absolute Gasteiger partial charge is 0.326 e. The molecule has 0 fully saturated rings. The molecule has 4 amide bonds. The summed E-state index contributed by atoms with van der Waals surface area (Å²) in [6.45, 7) is 4.95. The summed E-state index contributed by atoms with van der Waals surface area (Å²) in [7, 11) is 0. The van der Waals surface area contributed by atoms with Gasteiger partial charge in [-0.3, -0.25) is 19.2 Å². The van der Waals surface area contributed by atoms with E-state index in [1.807, 2.05) is 6.26 Å². The molecule has 0 aliphatic carbocycles. The largest absolute Gasteiger partial charge is 0.480 e. The second-order valence-electron chi connectivity index (χ2n) is 7.06. The van der Waals surface area contributed by atoms with Crippen molar-refractivity contribution in [3.05, 3.63) is 0 Å². The van der Waals surface area contributed by atoms with Crippen molar-refractivity contribution >= 4 is 41.4 Å². The minimum atomic E-state index is -1.51. The van der Waals surface area contributed by atoms with Gasteiger partial charge < -0.3 is 32.5 Å². The van der Waals surface area contributed by atoms with Crippen LogP contribution in [0.5, 0.6) is 0 Å². The number of thioether (sulfide) groups is 1. The van der Waals surface area contributed by atoms with Gasteiger partial charge in [0.2, 0.25) is 23.6 Å². The van der Waals surface area contributed by atoms with E-state index in [4.69, 9.17) is 16.6 Å². The predicted molar refractivity (Wildman–Crippen MR) is 113 cm³/mol. The molecule has 0 aromatic carbocycles. The van der Waals surface area contributed by atoms with Gasteiger partial charge in [-0.15, -0.1) is 0 Å². The number of hydrogen-bond donors (Lipinski definition) is 6. The molecule has 0 saturated carbocycles. The number of carboxylic acid groups (broad SMARTS) is 1. The predicted octanol–water partition coefficient (Wildman–Crippen LogP) is -1.45. The molecule has 0 radical (unpaired) electrons.